The monoisotopic (exact) mass is 421 g/mol. The van der Waals surface area contributed by atoms with Crippen molar-refractivity contribution in [2.75, 3.05) is 0 Å². The summed E-state index contributed by atoms with van der Waals surface area (Å²) < 4.78 is 0. The molecule has 12 unspecified atom stereocenters. The van der Waals surface area contributed by atoms with Crippen LogP contribution in [0.15, 0.2) is 0 Å². The van der Waals surface area contributed by atoms with Crippen LogP contribution in [0.3, 0.4) is 0 Å². The first-order valence-electron chi connectivity index (χ1n) is 13.0. The van der Waals surface area contributed by atoms with Crippen molar-refractivity contribution in [3.63, 3.8) is 0 Å². The molecule has 0 aromatic carbocycles. The minimum absolute atomic E-state index is 0.128. The van der Waals surface area contributed by atoms with Crippen LogP contribution in [0, 0.1) is 41.4 Å². The van der Waals surface area contributed by atoms with E-state index < -0.39 is 6.10 Å². The molecule has 1 heterocycles. The Morgan fingerprint density at radius 3 is 2.00 bits per heavy atom. The average molecular weight is 422 g/mol. The molecule has 1 aliphatic heterocycles. The fraction of sp³-hybridized carbons (Fsp3) is 1.00. The van der Waals surface area contributed by atoms with Crippen LogP contribution >= 0.6 is 0 Å². The minimum atomic E-state index is -0.425. The second-order valence-electron chi connectivity index (χ2n) is 11.6. The predicted octanol–water partition coefficient (Wildman–Crippen LogP) is 3.41. The third-order valence-electron chi connectivity index (χ3n) is 9.65. The SMILES string of the molecule is CC1CCC(C2NC(C3CCC(O)CC3O)NC(C3CCCC(C)C3C)N2)CC1C. The van der Waals surface area contributed by atoms with Crippen LogP contribution < -0.4 is 16.0 Å². The maximum atomic E-state index is 10.8. The van der Waals surface area contributed by atoms with Gasteiger partial charge in [-0.3, -0.25) is 16.0 Å². The number of hydrogen-bond donors (Lipinski definition) is 5. The summed E-state index contributed by atoms with van der Waals surface area (Å²) in [4.78, 5) is 0. The van der Waals surface area contributed by atoms with Crippen molar-refractivity contribution in [2.45, 2.75) is 116 Å². The van der Waals surface area contributed by atoms with E-state index in [0.29, 0.717) is 36.5 Å². The quantitative estimate of drug-likeness (QED) is 0.483. The molecule has 1 saturated heterocycles. The molecule has 174 valence electrons. The summed E-state index contributed by atoms with van der Waals surface area (Å²) in [6, 6.07) is 0. The minimum Gasteiger partial charge on any atom is -0.393 e. The maximum absolute atomic E-state index is 10.8. The summed E-state index contributed by atoms with van der Waals surface area (Å²) in [5.41, 5.74) is 0. The van der Waals surface area contributed by atoms with Gasteiger partial charge in [0.1, 0.15) is 0 Å². The number of hydrogen-bond acceptors (Lipinski definition) is 5. The normalized spacial score (nSPS) is 53.4. The van der Waals surface area contributed by atoms with Gasteiger partial charge in [0.15, 0.2) is 0 Å². The van der Waals surface area contributed by atoms with Gasteiger partial charge < -0.3 is 10.2 Å². The number of aliphatic hydroxyl groups is 2. The van der Waals surface area contributed by atoms with Crippen molar-refractivity contribution < 1.29 is 10.2 Å². The summed E-state index contributed by atoms with van der Waals surface area (Å²) in [5, 5.41) is 32.6. The highest BCUT2D eigenvalue weighted by Crippen LogP contribution is 2.39. The van der Waals surface area contributed by atoms with Crippen molar-refractivity contribution in [2.24, 2.45) is 41.4 Å². The Morgan fingerprint density at radius 1 is 0.600 bits per heavy atom. The summed E-state index contributed by atoms with van der Waals surface area (Å²) in [6.45, 7) is 9.69. The van der Waals surface area contributed by atoms with Crippen LogP contribution in [-0.2, 0) is 0 Å². The highest BCUT2D eigenvalue weighted by Gasteiger charge is 2.44. The topological polar surface area (TPSA) is 76.5 Å². The molecular weight excluding hydrogens is 374 g/mol. The first kappa shape index (κ1) is 23.0. The number of aliphatic hydroxyl groups excluding tert-OH is 2. The van der Waals surface area contributed by atoms with Crippen LogP contribution in [0.4, 0.5) is 0 Å². The number of nitrogens with one attached hydrogen (secondary N) is 3. The Morgan fingerprint density at radius 2 is 1.30 bits per heavy atom. The van der Waals surface area contributed by atoms with Gasteiger partial charge in [0.05, 0.1) is 30.7 Å². The zero-order valence-corrected chi connectivity index (χ0v) is 19.7. The molecule has 5 nitrogen and oxygen atoms in total. The summed E-state index contributed by atoms with van der Waals surface area (Å²) >= 11 is 0. The molecule has 30 heavy (non-hydrogen) atoms. The zero-order valence-electron chi connectivity index (χ0n) is 19.7. The Labute approximate surface area is 184 Å². The molecule has 4 rings (SSSR count). The van der Waals surface area contributed by atoms with Gasteiger partial charge in [-0.15, -0.1) is 0 Å². The molecule has 3 aliphatic carbocycles. The third-order valence-corrected chi connectivity index (χ3v) is 9.65. The Balaban J connectivity index is 1.51. The van der Waals surface area contributed by atoms with Crippen molar-refractivity contribution in [1.29, 1.82) is 0 Å². The Bertz CT molecular complexity index is 561. The van der Waals surface area contributed by atoms with Crippen LogP contribution in [0.2, 0.25) is 0 Å². The van der Waals surface area contributed by atoms with Crippen molar-refractivity contribution >= 4 is 0 Å². The number of rotatable bonds is 3. The van der Waals surface area contributed by atoms with Gasteiger partial charge >= 0.3 is 0 Å². The van der Waals surface area contributed by atoms with E-state index in [4.69, 9.17) is 0 Å². The van der Waals surface area contributed by atoms with Crippen LogP contribution in [0.25, 0.3) is 0 Å². The lowest BCUT2D eigenvalue weighted by Crippen LogP contribution is -2.74. The van der Waals surface area contributed by atoms with Crippen LogP contribution in [0.1, 0.15) is 85.5 Å². The lowest BCUT2D eigenvalue weighted by Gasteiger charge is -2.51. The zero-order chi connectivity index (χ0) is 21.4. The van der Waals surface area contributed by atoms with E-state index in [0.717, 1.165) is 30.6 Å². The fourth-order valence-corrected chi connectivity index (χ4v) is 7.01. The Hall–Kier alpha value is -0.200. The average Bonchev–Trinajstić information content (AvgIpc) is 2.71. The van der Waals surface area contributed by atoms with E-state index in [-0.39, 0.29) is 18.2 Å². The molecule has 4 aliphatic rings. The van der Waals surface area contributed by atoms with E-state index in [1.807, 2.05) is 0 Å². The highest BCUT2D eigenvalue weighted by atomic mass is 16.3. The van der Waals surface area contributed by atoms with Crippen molar-refractivity contribution in [3.05, 3.63) is 0 Å². The molecule has 0 spiro atoms. The lowest BCUT2D eigenvalue weighted by atomic mass is 9.71. The molecule has 12 atom stereocenters. The van der Waals surface area contributed by atoms with Gasteiger partial charge in [0, 0.05) is 5.92 Å². The van der Waals surface area contributed by atoms with E-state index in [1.54, 1.807) is 0 Å². The van der Waals surface area contributed by atoms with Gasteiger partial charge in [-0.1, -0.05) is 47.0 Å². The van der Waals surface area contributed by atoms with Crippen LogP contribution in [0.5, 0.6) is 0 Å². The van der Waals surface area contributed by atoms with Crippen LogP contribution in [-0.4, -0.2) is 40.9 Å². The second-order valence-corrected chi connectivity index (χ2v) is 11.6. The third kappa shape index (κ3) is 4.91. The standard InChI is InChI=1S/C25H47N3O2/c1-14-8-9-18(12-16(14)3)23-26-24(20-7-5-6-15(2)17(20)4)28-25(27-23)21-11-10-19(29)13-22(21)30/h14-30H,5-13H2,1-4H3. The van der Waals surface area contributed by atoms with Gasteiger partial charge in [-0.25, -0.2) is 0 Å². The summed E-state index contributed by atoms with van der Waals surface area (Å²) in [7, 11) is 0. The largest absolute Gasteiger partial charge is 0.393 e. The first-order valence-corrected chi connectivity index (χ1v) is 13.0. The van der Waals surface area contributed by atoms with Gasteiger partial charge in [0.2, 0.25) is 0 Å². The maximum Gasteiger partial charge on any atom is 0.0649 e. The molecule has 0 aromatic heterocycles. The van der Waals surface area contributed by atoms with Gasteiger partial charge in [0.25, 0.3) is 0 Å². The highest BCUT2D eigenvalue weighted by molar-refractivity contribution is 4.98. The van der Waals surface area contributed by atoms with E-state index in [9.17, 15) is 10.2 Å². The Kier molecular flexibility index (Phi) is 7.46. The summed E-state index contributed by atoms with van der Waals surface area (Å²) in [5.74, 6) is 4.59. The van der Waals surface area contributed by atoms with Gasteiger partial charge in [-0.2, -0.15) is 0 Å². The molecule has 0 bridgehead atoms. The predicted molar refractivity (Wildman–Crippen MR) is 121 cm³/mol. The van der Waals surface area contributed by atoms with E-state index in [2.05, 4.69) is 43.6 Å². The smallest absolute Gasteiger partial charge is 0.0649 e. The van der Waals surface area contributed by atoms with Crippen molar-refractivity contribution in [1.82, 2.24) is 16.0 Å². The second kappa shape index (κ2) is 9.74. The molecule has 0 amide bonds. The molecule has 4 fully saturated rings. The summed E-state index contributed by atoms with van der Waals surface area (Å²) in [6.07, 6.45) is 10.1. The molecule has 0 aromatic rings. The molecule has 5 heteroatoms. The van der Waals surface area contributed by atoms with Gasteiger partial charge in [-0.05, 0) is 74.0 Å². The first-order chi connectivity index (χ1) is 14.3. The molecule has 0 radical (unpaired) electrons. The molecule has 3 saturated carbocycles. The molecule has 5 N–H and O–H groups in total. The van der Waals surface area contributed by atoms with Crippen molar-refractivity contribution in [3.8, 4) is 0 Å². The molecular formula is C25H47N3O2. The van der Waals surface area contributed by atoms with E-state index >= 15 is 0 Å². The fourth-order valence-electron chi connectivity index (χ4n) is 7.01. The van der Waals surface area contributed by atoms with E-state index in [1.165, 1.54) is 38.5 Å². The lowest BCUT2D eigenvalue weighted by molar-refractivity contribution is -0.0420.